The average molecular weight is 222 g/mol. The molecule has 2 aromatic rings. The summed E-state index contributed by atoms with van der Waals surface area (Å²) < 4.78 is 2.09. The third-order valence-electron chi connectivity index (χ3n) is 1.59. The van der Waals surface area contributed by atoms with Crippen LogP contribution in [0.25, 0.3) is 10.2 Å². The van der Waals surface area contributed by atoms with E-state index in [1.165, 1.54) is 17.8 Å². The second-order valence-corrected chi connectivity index (χ2v) is 4.69. The first-order chi connectivity index (χ1) is 6.90. The molecule has 70 valence electrons. The molecule has 0 spiro atoms. The van der Waals surface area contributed by atoms with E-state index in [1.54, 1.807) is 11.3 Å². The number of thioether (sulfide) groups is 1. The van der Waals surface area contributed by atoms with E-state index in [9.17, 15) is 4.79 Å². The van der Waals surface area contributed by atoms with Crippen molar-refractivity contribution in [2.45, 2.75) is 4.34 Å². The van der Waals surface area contributed by atoms with Crippen LogP contribution in [-0.2, 0) is 4.79 Å². The van der Waals surface area contributed by atoms with Gasteiger partial charge in [0.15, 0.2) is 4.34 Å². The van der Waals surface area contributed by atoms with Crippen LogP contribution in [0.1, 0.15) is 0 Å². The second kappa shape index (κ2) is 4.37. The Balaban J connectivity index is 2.22. The Morgan fingerprint density at radius 2 is 2.36 bits per heavy atom. The summed E-state index contributed by atoms with van der Waals surface area (Å²) in [5, 5.41) is 0. The van der Waals surface area contributed by atoms with Gasteiger partial charge in [0.05, 0.1) is 10.2 Å². The SMILES string of the molecule is O=C=NCSc1nc2ccccc2s1. The number of isocyanates is 1. The summed E-state index contributed by atoms with van der Waals surface area (Å²) in [4.78, 5) is 17.7. The Labute approximate surface area is 88.9 Å². The van der Waals surface area contributed by atoms with Crippen LogP contribution in [0.3, 0.4) is 0 Å². The first-order valence-electron chi connectivity index (χ1n) is 3.92. The van der Waals surface area contributed by atoms with Gasteiger partial charge in [-0.2, -0.15) is 4.99 Å². The Bertz CT molecular complexity index is 455. The fourth-order valence-corrected chi connectivity index (χ4v) is 2.78. The van der Waals surface area contributed by atoms with Crippen molar-refractivity contribution in [3.8, 4) is 0 Å². The molecular weight excluding hydrogens is 216 g/mol. The lowest BCUT2D eigenvalue weighted by molar-refractivity contribution is 0.564. The second-order valence-electron chi connectivity index (χ2n) is 2.47. The number of aliphatic imine (C=N–C) groups is 1. The topological polar surface area (TPSA) is 42.3 Å². The maximum absolute atomic E-state index is 9.85. The average Bonchev–Trinajstić information content (AvgIpc) is 2.60. The third-order valence-corrected chi connectivity index (χ3v) is 3.62. The van der Waals surface area contributed by atoms with Crippen LogP contribution in [0.4, 0.5) is 0 Å². The normalized spacial score (nSPS) is 10.0. The summed E-state index contributed by atoms with van der Waals surface area (Å²) in [5.41, 5.74) is 0.995. The number of thiazole rings is 1. The number of carbonyl (C=O) groups excluding carboxylic acids is 1. The van der Waals surface area contributed by atoms with Gasteiger partial charge in [-0.05, 0) is 12.1 Å². The van der Waals surface area contributed by atoms with Crippen LogP contribution in [0.5, 0.6) is 0 Å². The molecule has 0 bridgehead atoms. The van der Waals surface area contributed by atoms with Gasteiger partial charge in [0.2, 0.25) is 6.08 Å². The van der Waals surface area contributed by atoms with Gasteiger partial charge in [-0.3, -0.25) is 0 Å². The Morgan fingerprint density at radius 1 is 1.50 bits per heavy atom. The number of rotatable bonds is 3. The lowest BCUT2D eigenvalue weighted by atomic mass is 10.3. The molecule has 1 heterocycles. The standard InChI is InChI=1S/C9H6N2OS2/c12-5-10-6-13-9-11-7-3-1-2-4-8(7)14-9/h1-4H,6H2. The lowest BCUT2D eigenvalue weighted by Gasteiger charge is -1.85. The Morgan fingerprint density at radius 3 is 3.14 bits per heavy atom. The zero-order valence-electron chi connectivity index (χ0n) is 7.14. The predicted octanol–water partition coefficient (Wildman–Crippen LogP) is 2.68. The zero-order valence-corrected chi connectivity index (χ0v) is 8.77. The van der Waals surface area contributed by atoms with Gasteiger partial charge in [-0.15, -0.1) is 11.3 Å². The van der Waals surface area contributed by atoms with E-state index in [4.69, 9.17) is 0 Å². The van der Waals surface area contributed by atoms with Gasteiger partial charge in [0.1, 0.15) is 5.88 Å². The Hall–Kier alpha value is -1.16. The zero-order chi connectivity index (χ0) is 9.80. The number of hydrogen-bond donors (Lipinski definition) is 0. The van der Waals surface area contributed by atoms with Gasteiger partial charge in [0, 0.05) is 0 Å². The molecule has 0 aliphatic carbocycles. The molecule has 0 amide bonds. The van der Waals surface area contributed by atoms with Crippen molar-refractivity contribution >= 4 is 39.4 Å². The van der Waals surface area contributed by atoms with E-state index in [0.29, 0.717) is 5.88 Å². The summed E-state index contributed by atoms with van der Waals surface area (Å²) in [7, 11) is 0. The first-order valence-corrected chi connectivity index (χ1v) is 5.72. The molecule has 14 heavy (non-hydrogen) atoms. The van der Waals surface area contributed by atoms with E-state index >= 15 is 0 Å². The molecule has 0 atom stereocenters. The summed E-state index contributed by atoms with van der Waals surface area (Å²) in [6.07, 6.45) is 1.50. The van der Waals surface area contributed by atoms with E-state index in [-0.39, 0.29) is 0 Å². The summed E-state index contributed by atoms with van der Waals surface area (Å²) >= 11 is 3.06. The highest BCUT2D eigenvalue weighted by atomic mass is 32.2. The molecule has 0 N–H and O–H groups in total. The smallest absolute Gasteiger partial charge is 0.230 e. The lowest BCUT2D eigenvalue weighted by Crippen LogP contribution is -1.71. The van der Waals surface area contributed by atoms with Crippen molar-refractivity contribution in [2.75, 3.05) is 5.88 Å². The predicted molar refractivity (Wildman–Crippen MR) is 58.5 cm³/mol. The molecule has 1 aromatic heterocycles. The maximum Gasteiger partial charge on any atom is 0.235 e. The van der Waals surface area contributed by atoms with Crippen LogP contribution in [0.2, 0.25) is 0 Å². The molecular formula is C9H6N2OS2. The molecule has 0 radical (unpaired) electrons. The minimum absolute atomic E-state index is 0.392. The minimum atomic E-state index is 0.392. The molecule has 0 saturated carbocycles. The van der Waals surface area contributed by atoms with Crippen molar-refractivity contribution < 1.29 is 4.79 Å². The molecule has 5 heteroatoms. The summed E-state index contributed by atoms with van der Waals surface area (Å²) in [5.74, 6) is 0.392. The molecule has 2 rings (SSSR count). The third kappa shape index (κ3) is 2.01. The van der Waals surface area contributed by atoms with E-state index in [0.717, 1.165) is 14.6 Å². The van der Waals surface area contributed by atoms with Crippen LogP contribution >= 0.6 is 23.1 Å². The monoisotopic (exact) mass is 222 g/mol. The molecule has 0 saturated heterocycles. The summed E-state index contributed by atoms with van der Waals surface area (Å²) in [6, 6.07) is 7.94. The van der Waals surface area contributed by atoms with Crippen LogP contribution in [-0.4, -0.2) is 16.9 Å². The van der Waals surface area contributed by atoms with Crippen LogP contribution in [0, 0.1) is 0 Å². The van der Waals surface area contributed by atoms with Gasteiger partial charge in [-0.1, -0.05) is 23.9 Å². The fourth-order valence-electron chi connectivity index (χ4n) is 1.03. The van der Waals surface area contributed by atoms with Gasteiger partial charge in [-0.25, -0.2) is 9.78 Å². The number of aromatic nitrogens is 1. The molecule has 0 unspecified atom stereocenters. The van der Waals surface area contributed by atoms with E-state index in [1.807, 2.05) is 24.3 Å². The molecule has 1 aromatic carbocycles. The number of para-hydroxylation sites is 1. The van der Waals surface area contributed by atoms with Crippen molar-refractivity contribution in [1.82, 2.24) is 4.98 Å². The molecule has 3 nitrogen and oxygen atoms in total. The highest BCUT2D eigenvalue weighted by Crippen LogP contribution is 2.28. The van der Waals surface area contributed by atoms with E-state index in [2.05, 4.69) is 9.98 Å². The minimum Gasteiger partial charge on any atom is -0.230 e. The van der Waals surface area contributed by atoms with Crippen molar-refractivity contribution in [1.29, 1.82) is 0 Å². The number of benzene rings is 1. The van der Waals surface area contributed by atoms with Crippen LogP contribution < -0.4 is 0 Å². The summed E-state index contributed by atoms with van der Waals surface area (Å²) in [6.45, 7) is 0. The van der Waals surface area contributed by atoms with Gasteiger partial charge in [0.25, 0.3) is 0 Å². The highest BCUT2D eigenvalue weighted by Gasteiger charge is 2.02. The van der Waals surface area contributed by atoms with Crippen molar-refractivity contribution in [3.05, 3.63) is 24.3 Å². The van der Waals surface area contributed by atoms with Crippen molar-refractivity contribution in [3.63, 3.8) is 0 Å². The van der Waals surface area contributed by atoms with Gasteiger partial charge < -0.3 is 0 Å². The number of fused-ring (bicyclic) bond motifs is 1. The first kappa shape index (κ1) is 9.40. The maximum atomic E-state index is 9.85. The van der Waals surface area contributed by atoms with E-state index < -0.39 is 0 Å². The highest BCUT2D eigenvalue weighted by molar-refractivity contribution is 8.01. The molecule has 0 aliphatic heterocycles. The largest absolute Gasteiger partial charge is 0.235 e. The van der Waals surface area contributed by atoms with Crippen LogP contribution in [0.15, 0.2) is 33.6 Å². The Kier molecular flexibility index (Phi) is 2.93. The molecule has 0 fully saturated rings. The quantitative estimate of drug-likeness (QED) is 0.455. The number of hydrogen-bond acceptors (Lipinski definition) is 5. The van der Waals surface area contributed by atoms with Gasteiger partial charge >= 0.3 is 0 Å². The molecule has 0 aliphatic rings. The van der Waals surface area contributed by atoms with Crippen molar-refractivity contribution in [2.24, 2.45) is 4.99 Å². The number of nitrogens with zero attached hydrogens (tertiary/aromatic N) is 2. The fraction of sp³-hybridized carbons (Fsp3) is 0.111.